The van der Waals surface area contributed by atoms with E-state index in [4.69, 9.17) is 15.0 Å². The number of carbonyl (C=O) groups is 2. The maximum Gasteiger partial charge on any atom is 0.481 e. The number of benzene rings is 1. The number of aliphatic imine (C=N–C) groups is 1. The number of nitrogens with one attached hydrogen (secondary N) is 4. The molecule has 4 fully saturated rings. The maximum absolute atomic E-state index is 13.7. The van der Waals surface area contributed by atoms with Crippen LogP contribution in [0.3, 0.4) is 0 Å². The van der Waals surface area contributed by atoms with E-state index in [1.165, 1.54) is 0 Å². The molecule has 1 aromatic rings. The topological polar surface area (TPSA) is 182 Å². The van der Waals surface area contributed by atoms with Crippen LogP contribution in [0, 0.1) is 33.3 Å². The maximum atomic E-state index is 13.7. The van der Waals surface area contributed by atoms with Gasteiger partial charge in [-0.15, -0.1) is 0 Å². The lowest BCUT2D eigenvalue weighted by atomic mass is 9.43. The zero-order chi connectivity index (χ0) is 30.7. The molecule has 0 aromatic heterocycles. The minimum absolute atomic E-state index is 0.0208. The van der Waals surface area contributed by atoms with Crippen LogP contribution < -0.4 is 27.1 Å². The van der Waals surface area contributed by atoms with Crippen molar-refractivity contribution in [1.82, 2.24) is 16.1 Å². The SMILES string of the molecule is CC(C)C[C@H](NC(=O)[C@H](CCCN=C(N)N[N+](=O)[O-])NC(=O)Nc1ccccc1)B1O[C@@H]2C[C@H]3C[C@H](C3(C)C)[C@]2(C)O1. The lowest BCUT2D eigenvalue weighted by molar-refractivity contribution is -0.525. The van der Waals surface area contributed by atoms with E-state index in [2.05, 4.69) is 55.6 Å². The first-order valence-corrected chi connectivity index (χ1v) is 14.8. The molecule has 6 atom stereocenters. The van der Waals surface area contributed by atoms with Crippen molar-refractivity contribution in [3.63, 3.8) is 0 Å². The molecule has 1 saturated heterocycles. The van der Waals surface area contributed by atoms with Crippen LogP contribution in [0.1, 0.15) is 66.7 Å². The Kier molecular flexibility index (Phi) is 9.66. The Hall–Kier alpha value is -3.39. The molecular weight excluding hydrogens is 541 g/mol. The Balaban J connectivity index is 1.44. The Morgan fingerprint density at radius 1 is 1.19 bits per heavy atom. The van der Waals surface area contributed by atoms with Crippen LogP contribution in [0.4, 0.5) is 10.5 Å². The van der Waals surface area contributed by atoms with Gasteiger partial charge in [-0.3, -0.25) is 4.79 Å². The second-order valence-electron chi connectivity index (χ2n) is 12.9. The number of carbonyl (C=O) groups excluding carboxylic acids is 2. The molecule has 2 bridgehead atoms. The van der Waals surface area contributed by atoms with Gasteiger partial charge in [0.1, 0.15) is 6.04 Å². The van der Waals surface area contributed by atoms with E-state index in [1.54, 1.807) is 29.7 Å². The van der Waals surface area contributed by atoms with Gasteiger partial charge in [0.05, 0.1) is 17.6 Å². The van der Waals surface area contributed by atoms with E-state index in [1.807, 2.05) is 6.07 Å². The van der Waals surface area contributed by atoms with Gasteiger partial charge in [0.15, 0.2) is 5.03 Å². The molecule has 1 heterocycles. The number of hydrogen-bond acceptors (Lipinski definition) is 7. The number of amides is 3. The van der Waals surface area contributed by atoms with Crippen LogP contribution in [0.25, 0.3) is 0 Å². The van der Waals surface area contributed by atoms with Crippen LogP contribution in [0.5, 0.6) is 0 Å². The molecule has 0 radical (unpaired) electrons. The van der Waals surface area contributed by atoms with Gasteiger partial charge in [0.2, 0.25) is 5.91 Å². The number of rotatable bonds is 12. The van der Waals surface area contributed by atoms with Crippen LogP contribution in [-0.4, -0.2) is 60.3 Å². The number of hydrazine groups is 1. The number of nitrogens with two attached hydrogens (primary N) is 1. The van der Waals surface area contributed by atoms with Crippen LogP contribution in [0.2, 0.25) is 0 Å². The van der Waals surface area contributed by atoms with E-state index in [0.29, 0.717) is 30.4 Å². The smallest absolute Gasteiger partial charge is 0.404 e. The number of urea groups is 1. The number of hydrogen-bond donors (Lipinski definition) is 5. The number of guanidine groups is 1. The third-order valence-corrected chi connectivity index (χ3v) is 9.14. The second kappa shape index (κ2) is 12.9. The molecule has 3 aliphatic carbocycles. The summed E-state index contributed by atoms with van der Waals surface area (Å²) in [5.41, 5.74) is 7.66. The summed E-state index contributed by atoms with van der Waals surface area (Å²) < 4.78 is 13.2. The summed E-state index contributed by atoms with van der Waals surface area (Å²) in [6.07, 6.45) is 3.25. The summed E-state index contributed by atoms with van der Waals surface area (Å²) in [5, 5.41) is 18.4. The molecule has 13 nitrogen and oxygen atoms in total. The van der Waals surface area contributed by atoms with E-state index in [0.717, 1.165) is 12.8 Å². The third kappa shape index (κ3) is 7.15. The normalized spacial score (nSPS) is 27.3. The highest BCUT2D eigenvalue weighted by Crippen LogP contribution is 2.65. The summed E-state index contributed by atoms with van der Waals surface area (Å²) in [5.74, 6) is 0.125. The molecule has 3 amide bonds. The summed E-state index contributed by atoms with van der Waals surface area (Å²) in [6.45, 7) is 11.0. The molecule has 5 rings (SSSR count). The summed E-state index contributed by atoms with van der Waals surface area (Å²) in [4.78, 5) is 41.0. The Bertz CT molecular complexity index is 1170. The van der Waals surface area contributed by atoms with Crippen molar-refractivity contribution >= 4 is 30.7 Å². The Morgan fingerprint density at radius 2 is 1.90 bits per heavy atom. The first-order chi connectivity index (χ1) is 19.8. The van der Waals surface area contributed by atoms with Gasteiger partial charge >= 0.3 is 13.1 Å². The summed E-state index contributed by atoms with van der Waals surface area (Å²) >= 11 is 0. The average molecular weight is 586 g/mol. The predicted octanol–water partition coefficient (Wildman–Crippen LogP) is 2.85. The molecule has 0 spiro atoms. The molecule has 3 saturated carbocycles. The molecule has 6 N–H and O–H groups in total. The highest BCUT2D eigenvalue weighted by atomic mass is 16.7. The van der Waals surface area contributed by atoms with Crippen LogP contribution >= 0.6 is 0 Å². The third-order valence-electron chi connectivity index (χ3n) is 9.14. The van der Waals surface area contributed by atoms with Gasteiger partial charge in [0.25, 0.3) is 5.96 Å². The largest absolute Gasteiger partial charge is 0.481 e. The average Bonchev–Trinajstić information content (AvgIpc) is 3.27. The minimum Gasteiger partial charge on any atom is -0.404 e. The second-order valence-corrected chi connectivity index (χ2v) is 12.9. The zero-order valence-electron chi connectivity index (χ0n) is 25.1. The van der Waals surface area contributed by atoms with Gasteiger partial charge in [-0.1, -0.05) is 51.3 Å². The van der Waals surface area contributed by atoms with E-state index in [9.17, 15) is 19.7 Å². The molecule has 42 heavy (non-hydrogen) atoms. The van der Waals surface area contributed by atoms with Crippen molar-refractivity contribution in [3.8, 4) is 0 Å². The van der Waals surface area contributed by atoms with Gasteiger partial charge in [0, 0.05) is 12.2 Å². The van der Waals surface area contributed by atoms with Crippen molar-refractivity contribution in [3.05, 3.63) is 40.4 Å². The lowest BCUT2D eigenvalue weighted by Crippen LogP contribution is -2.65. The van der Waals surface area contributed by atoms with Crippen molar-refractivity contribution in [2.45, 2.75) is 90.4 Å². The Morgan fingerprint density at radius 3 is 2.55 bits per heavy atom. The monoisotopic (exact) mass is 585 g/mol. The lowest BCUT2D eigenvalue weighted by Gasteiger charge is -2.64. The fourth-order valence-corrected chi connectivity index (χ4v) is 6.84. The van der Waals surface area contributed by atoms with Crippen molar-refractivity contribution in [2.24, 2.45) is 33.9 Å². The van der Waals surface area contributed by atoms with E-state index in [-0.39, 0.29) is 42.3 Å². The Labute approximate surface area is 247 Å². The summed E-state index contributed by atoms with van der Waals surface area (Å²) in [6, 6.07) is 7.47. The van der Waals surface area contributed by atoms with Gasteiger partial charge in [-0.25, -0.2) is 19.9 Å². The fourth-order valence-electron chi connectivity index (χ4n) is 6.84. The molecular formula is C28H44BN7O6. The molecule has 1 aliphatic heterocycles. The van der Waals surface area contributed by atoms with E-state index >= 15 is 0 Å². The van der Waals surface area contributed by atoms with Crippen LogP contribution in [-0.2, 0) is 14.1 Å². The number of nitrogens with zero attached hydrogens (tertiary/aromatic N) is 2. The minimum atomic E-state index is -0.908. The van der Waals surface area contributed by atoms with Crippen LogP contribution in [0.15, 0.2) is 35.3 Å². The van der Waals surface area contributed by atoms with Gasteiger partial charge in [-0.2, -0.15) is 0 Å². The fraction of sp³-hybridized carbons (Fsp3) is 0.679. The van der Waals surface area contributed by atoms with Gasteiger partial charge < -0.3 is 31.0 Å². The zero-order valence-corrected chi connectivity index (χ0v) is 25.1. The van der Waals surface area contributed by atoms with E-state index < -0.39 is 35.8 Å². The number of para-hydroxylation sites is 1. The molecule has 1 aromatic carbocycles. The molecule has 4 aliphatic rings. The standard InChI is InChI=1S/C28H44BN7O6/c1-17(2)14-23(29-41-22-16-18-15-21(27(18,3)4)28(22,5)42-29)34-24(37)20(12-9-13-31-25(30)35-36(39)40)33-26(38)32-19-10-7-6-8-11-19/h6-8,10-11,17-18,20-23H,9,12-16H2,1-5H3,(H,34,37)(H3,30,31,35)(H2,32,33,38)/t18-,20+,21-,22-,23+,28+/m1/s1. The predicted molar refractivity (Wildman–Crippen MR) is 160 cm³/mol. The highest BCUT2D eigenvalue weighted by Gasteiger charge is 2.68. The summed E-state index contributed by atoms with van der Waals surface area (Å²) in [7, 11) is -0.599. The number of anilines is 1. The van der Waals surface area contributed by atoms with Crippen molar-refractivity contribution in [1.29, 1.82) is 0 Å². The number of nitro groups is 1. The molecule has 14 heteroatoms. The molecule has 230 valence electrons. The first kappa shape index (κ1) is 31.5. The van der Waals surface area contributed by atoms with Crippen molar-refractivity contribution < 1.29 is 23.9 Å². The van der Waals surface area contributed by atoms with Crippen molar-refractivity contribution in [2.75, 3.05) is 11.9 Å². The first-order valence-electron chi connectivity index (χ1n) is 14.8. The highest BCUT2D eigenvalue weighted by molar-refractivity contribution is 6.48. The quantitative estimate of drug-likeness (QED) is 0.0620. The van der Waals surface area contributed by atoms with Gasteiger partial charge in [-0.05, 0) is 74.3 Å². The molecule has 0 unspecified atom stereocenters.